The molecule has 1 heterocycles. The van der Waals surface area contributed by atoms with Gasteiger partial charge in [0.15, 0.2) is 11.5 Å². The number of benzene rings is 2. The van der Waals surface area contributed by atoms with E-state index in [1.807, 2.05) is 131 Å². The Kier molecular flexibility index (Phi) is 12.0. The maximum absolute atomic E-state index is 13.6. The number of furan rings is 1. The number of ketones is 1. The van der Waals surface area contributed by atoms with E-state index >= 15 is 0 Å². The molecule has 3 aromatic rings. The highest BCUT2D eigenvalue weighted by Gasteiger charge is 2.35. The number of fused-ring (bicyclic) bond motifs is 1. The van der Waals surface area contributed by atoms with Crippen LogP contribution in [-0.2, 0) is 4.79 Å². The van der Waals surface area contributed by atoms with Gasteiger partial charge in [-0.1, -0.05) is 100 Å². The molecule has 0 amide bonds. The normalized spacial score (nSPS) is 14.0. The first-order chi connectivity index (χ1) is 20.3. The van der Waals surface area contributed by atoms with Gasteiger partial charge in [0, 0.05) is 27.7 Å². The highest BCUT2D eigenvalue weighted by molar-refractivity contribution is 6.12. The predicted octanol–water partition coefficient (Wildman–Crippen LogP) is 11.9. The van der Waals surface area contributed by atoms with Crippen molar-refractivity contribution in [2.24, 2.45) is 21.1 Å². The molecular weight excluding hydrogens is 532 g/mol. The highest BCUT2D eigenvalue weighted by atomic mass is 16.3. The van der Waals surface area contributed by atoms with Gasteiger partial charge in [-0.3, -0.25) is 4.79 Å². The van der Waals surface area contributed by atoms with E-state index in [1.54, 1.807) is 12.1 Å². The van der Waals surface area contributed by atoms with Crippen molar-refractivity contribution in [2.45, 2.75) is 76.2 Å². The molecule has 4 rings (SSSR count). The monoisotopic (exact) mass is 580 g/mol. The van der Waals surface area contributed by atoms with Gasteiger partial charge in [-0.25, -0.2) is 0 Å². The number of azo groups is 1. The summed E-state index contributed by atoms with van der Waals surface area (Å²) in [6.45, 7) is 25.9. The molecule has 228 valence electrons. The summed E-state index contributed by atoms with van der Waals surface area (Å²) >= 11 is 0. The van der Waals surface area contributed by atoms with E-state index in [9.17, 15) is 9.90 Å². The summed E-state index contributed by atoms with van der Waals surface area (Å²) in [7, 11) is 0. The Bertz CT molecular complexity index is 1570. The molecule has 1 N–H and O–H groups in total. The molecule has 0 spiro atoms. The number of hydrogen-bond donors (Lipinski definition) is 1. The molecule has 43 heavy (non-hydrogen) atoms. The highest BCUT2D eigenvalue weighted by Crippen LogP contribution is 2.41. The average molecular weight is 581 g/mol. The van der Waals surface area contributed by atoms with Crippen LogP contribution in [0.5, 0.6) is 0 Å². The van der Waals surface area contributed by atoms with Crippen LogP contribution in [0.1, 0.15) is 86.1 Å². The number of aryl methyl sites for hydroxylation is 1. The molecule has 0 saturated heterocycles. The van der Waals surface area contributed by atoms with Crippen molar-refractivity contribution >= 4 is 33.9 Å². The van der Waals surface area contributed by atoms with Crippen molar-refractivity contribution in [2.75, 3.05) is 0 Å². The zero-order valence-electron chi connectivity index (χ0n) is 27.8. The van der Waals surface area contributed by atoms with Gasteiger partial charge in [0.2, 0.25) is 0 Å². The minimum absolute atomic E-state index is 0.0488. The molecule has 5 heteroatoms. The van der Waals surface area contributed by atoms with E-state index in [4.69, 9.17) is 9.53 Å². The van der Waals surface area contributed by atoms with Gasteiger partial charge in [-0.05, 0) is 71.9 Å². The van der Waals surface area contributed by atoms with Crippen LogP contribution in [0.2, 0.25) is 0 Å². The molecule has 1 aliphatic carbocycles. The number of Topliss-reactive ketones (excluding diaryl/α,β-unsaturated/α-hetero) is 1. The van der Waals surface area contributed by atoms with E-state index in [1.165, 1.54) is 6.08 Å². The number of rotatable bonds is 5. The van der Waals surface area contributed by atoms with Crippen molar-refractivity contribution in [3.63, 3.8) is 0 Å². The summed E-state index contributed by atoms with van der Waals surface area (Å²) in [6, 6.07) is 15.2. The lowest BCUT2D eigenvalue weighted by atomic mass is 9.71. The Morgan fingerprint density at radius 2 is 1.47 bits per heavy atom. The number of aliphatic hydroxyl groups is 1. The second-order valence-electron chi connectivity index (χ2n) is 11.9. The summed E-state index contributed by atoms with van der Waals surface area (Å²) in [5, 5.41) is 20.5. The maximum Gasteiger partial charge on any atom is 0.186 e. The largest absolute Gasteiger partial charge is 0.507 e. The third kappa shape index (κ3) is 8.41. The van der Waals surface area contributed by atoms with E-state index in [-0.39, 0.29) is 22.4 Å². The minimum atomic E-state index is -0.372. The molecule has 1 aromatic heterocycles. The number of hydrogen-bond acceptors (Lipinski definition) is 5. The topological polar surface area (TPSA) is 75.2 Å². The van der Waals surface area contributed by atoms with E-state index in [0.717, 1.165) is 22.2 Å². The zero-order valence-corrected chi connectivity index (χ0v) is 27.8. The van der Waals surface area contributed by atoms with Gasteiger partial charge in [0.25, 0.3) is 0 Å². The van der Waals surface area contributed by atoms with E-state index in [2.05, 4.69) is 11.7 Å². The van der Waals surface area contributed by atoms with Crippen molar-refractivity contribution in [3.05, 3.63) is 113 Å². The third-order valence-electron chi connectivity index (χ3n) is 6.67. The van der Waals surface area contributed by atoms with E-state index in [0.29, 0.717) is 33.7 Å². The molecule has 0 unspecified atom stereocenters. The minimum Gasteiger partial charge on any atom is -0.507 e. The Hall–Kier alpha value is -4.25. The SMILES string of the molecule is C=C/C=C(\O)c1ccc2oc(C(N=Nc3ccccc3C)=C3C=C(C(C)(C)C)C(=O)C(C(C)(C)C)=C3)cc2c1.CC.CC. The first kappa shape index (κ1) is 34.9. The lowest BCUT2D eigenvalue weighted by Crippen LogP contribution is -2.28. The molecule has 1 aliphatic rings. The van der Waals surface area contributed by atoms with Crippen LogP contribution >= 0.6 is 0 Å². The molecular formula is C38H48N2O3. The molecule has 0 radical (unpaired) electrons. The van der Waals surface area contributed by atoms with Crippen LogP contribution in [0.4, 0.5) is 5.69 Å². The van der Waals surface area contributed by atoms with Gasteiger partial charge < -0.3 is 9.52 Å². The van der Waals surface area contributed by atoms with Crippen LogP contribution in [-0.4, -0.2) is 10.9 Å². The molecule has 5 nitrogen and oxygen atoms in total. The smallest absolute Gasteiger partial charge is 0.186 e. The Balaban J connectivity index is 0.00000155. The number of nitrogens with zero attached hydrogens (tertiary/aromatic N) is 2. The van der Waals surface area contributed by atoms with Crippen LogP contribution in [0.15, 0.2) is 111 Å². The first-order valence-electron chi connectivity index (χ1n) is 15.1. The summed E-state index contributed by atoms with van der Waals surface area (Å²) in [5.74, 6) is 0.687. The molecule has 0 aliphatic heterocycles. The van der Waals surface area contributed by atoms with Crippen LogP contribution in [0.3, 0.4) is 0 Å². The zero-order chi connectivity index (χ0) is 32.5. The Morgan fingerprint density at radius 3 is 2.00 bits per heavy atom. The number of carbonyl (C=O) groups excluding carboxylic acids is 1. The lowest BCUT2D eigenvalue weighted by molar-refractivity contribution is -0.114. The summed E-state index contributed by atoms with van der Waals surface area (Å²) in [6.07, 6.45) is 6.92. The van der Waals surface area contributed by atoms with Crippen LogP contribution < -0.4 is 0 Å². The van der Waals surface area contributed by atoms with Crippen LogP contribution in [0.25, 0.3) is 22.4 Å². The van der Waals surface area contributed by atoms with Crippen LogP contribution in [0, 0.1) is 17.8 Å². The van der Waals surface area contributed by atoms with Gasteiger partial charge >= 0.3 is 0 Å². The second-order valence-corrected chi connectivity index (χ2v) is 11.9. The number of aliphatic hydroxyl groups excluding tert-OH is 1. The summed E-state index contributed by atoms with van der Waals surface area (Å²) in [4.78, 5) is 13.6. The van der Waals surface area contributed by atoms with Crippen molar-refractivity contribution in [1.29, 1.82) is 0 Å². The maximum atomic E-state index is 13.6. The fraction of sp³-hybridized carbons (Fsp3) is 0.342. The fourth-order valence-corrected chi connectivity index (χ4v) is 4.44. The van der Waals surface area contributed by atoms with Gasteiger partial charge in [0.1, 0.15) is 17.0 Å². The average Bonchev–Trinajstić information content (AvgIpc) is 3.39. The third-order valence-corrected chi connectivity index (χ3v) is 6.67. The van der Waals surface area contributed by atoms with Crippen molar-refractivity contribution in [3.8, 4) is 0 Å². The fourth-order valence-electron chi connectivity index (χ4n) is 4.44. The molecule has 0 saturated carbocycles. The Morgan fingerprint density at radius 1 is 0.884 bits per heavy atom. The molecule has 2 aromatic carbocycles. The van der Waals surface area contributed by atoms with Crippen molar-refractivity contribution in [1.82, 2.24) is 0 Å². The Labute approximate surface area is 258 Å². The van der Waals surface area contributed by atoms with Gasteiger partial charge in [-0.15, -0.1) is 5.11 Å². The molecule has 0 fully saturated rings. The summed E-state index contributed by atoms with van der Waals surface area (Å²) < 4.78 is 6.29. The molecule has 0 bridgehead atoms. The number of allylic oxidation sites excluding steroid dienone is 7. The lowest BCUT2D eigenvalue weighted by Gasteiger charge is -2.31. The second kappa shape index (κ2) is 14.8. The first-order valence-corrected chi connectivity index (χ1v) is 15.1. The van der Waals surface area contributed by atoms with Crippen molar-refractivity contribution < 1.29 is 14.3 Å². The number of carbonyl (C=O) groups is 1. The summed E-state index contributed by atoms with van der Waals surface area (Å²) in [5.41, 5.74) is 5.02. The molecule has 0 atom stereocenters. The predicted molar refractivity (Wildman–Crippen MR) is 182 cm³/mol. The quantitative estimate of drug-likeness (QED) is 0.185. The van der Waals surface area contributed by atoms with E-state index < -0.39 is 0 Å². The van der Waals surface area contributed by atoms with Gasteiger partial charge in [0.05, 0.1) is 5.69 Å². The standard InChI is InChI=1S/C34H36N2O3.2C2H6/c1-9-12-28(37)22-15-16-29-23(17-22)20-30(39-29)31(36-35-27-14-11-10-13-21(27)2)24-18-25(33(3,4)5)32(38)26(19-24)34(6,7)8;2*1-2/h9-20,37H,1H2,2-8H3;2*1-2H3/b28-12-,36-35?;;. The van der Waals surface area contributed by atoms with Gasteiger partial charge in [-0.2, -0.15) is 5.11 Å².